The molecule has 1 fully saturated rings. The SMILES string of the molecule is C[C@H](Sc1n[nH]c(=O)n1C1CC1)C(=O)Nc1cccc(C(F)(F)F)c1. The summed E-state index contributed by atoms with van der Waals surface area (Å²) in [5.41, 5.74) is -1.09. The standard InChI is InChI=1S/C15H15F3N4O2S/c1-8(25-14-21-20-13(24)22(14)11-5-6-11)12(23)19-10-4-2-3-9(7-10)15(16,17)18/h2-4,7-8,11H,5-6H2,1H3,(H,19,23)(H,20,24)/t8-/m0/s1. The number of amides is 1. The molecule has 1 saturated carbocycles. The van der Waals surface area contributed by atoms with Gasteiger partial charge in [-0.3, -0.25) is 9.36 Å². The largest absolute Gasteiger partial charge is 0.416 e. The van der Waals surface area contributed by atoms with Gasteiger partial charge in [0, 0.05) is 11.7 Å². The molecule has 1 aromatic heterocycles. The maximum atomic E-state index is 12.7. The summed E-state index contributed by atoms with van der Waals surface area (Å²) in [6.07, 6.45) is -2.70. The van der Waals surface area contributed by atoms with E-state index in [9.17, 15) is 22.8 Å². The van der Waals surface area contributed by atoms with E-state index in [-0.39, 0.29) is 17.4 Å². The van der Waals surface area contributed by atoms with Crippen LogP contribution in [0, 0.1) is 0 Å². The molecule has 2 aromatic rings. The van der Waals surface area contributed by atoms with Gasteiger partial charge < -0.3 is 5.32 Å². The van der Waals surface area contributed by atoms with E-state index in [4.69, 9.17) is 0 Å². The number of nitrogens with one attached hydrogen (secondary N) is 2. The lowest BCUT2D eigenvalue weighted by Crippen LogP contribution is -2.24. The minimum absolute atomic E-state index is 0.0638. The summed E-state index contributed by atoms with van der Waals surface area (Å²) in [7, 11) is 0. The molecule has 25 heavy (non-hydrogen) atoms. The van der Waals surface area contributed by atoms with E-state index in [1.165, 1.54) is 16.7 Å². The number of H-pyrrole nitrogens is 1. The van der Waals surface area contributed by atoms with Crippen LogP contribution < -0.4 is 11.0 Å². The summed E-state index contributed by atoms with van der Waals surface area (Å²) < 4.78 is 39.7. The van der Waals surface area contributed by atoms with Gasteiger partial charge in [0.15, 0.2) is 5.16 Å². The molecule has 0 saturated heterocycles. The summed E-state index contributed by atoms with van der Waals surface area (Å²) in [5, 5.41) is 8.49. The van der Waals surface area contributed by atoms with Gasteiger partial charge in [-0.2, -0.15) is 13.2 Å². The Hall–Kier alpha value is -2.23. The number of hydrogen-bond donors (Lipinski definition) is 2. The lowest BCUT2D eigenvalue weighted by atomic mass is 10.2. The van der Waals surface area contributed by atoms with Crippen LogP contribution in [0.15, 0.2) is 34.2 Å². The summed E-state index contributed by atoms with van der Waals surface area (Å²) in [6, 6.07) is 4.54. The Morgan fingerprint density at radius 3 is 2.80 bits per heavy atom. The molecule has 0 radical (unpaired) electrons. The first-order valence-electron chi connectivity index (χ1n) is 7.57. The molecular formula is C15H15F3N4O2S. The van der Waals surface area contributed by atoms with Crippen LogP contribution in [0.2, 0.25) is 0 Å². The molecule has 6 nitrogen and oxygen atoms in total. The number of thioether (sulfide) groups is 1. The number of carbonyl (C=O) groups is 1. The average molecular weight is 372 g/mol. The van der Waals surface area contributed by atoms with Crippen molar-refractivity contribution in [2.24, 2.45) is 0 Å². The Morgan fingerprint density at radius 1 is 1.44 bits per heavy atom. The summed E-state index contributed by atoms with van der Waals surface area (Å²) >= 11 is 1.08. The number of halogens is 3. The third kappa shape index (κ3) is 4.06. The van der Waals surface area contributed by atoms with Crippen molar-refractivity contribution < 1.29 is 18.0 Å². The molecule has 3 rings (SSSR count). The summed E-state index contributed by atoms with van der Waals surface area (Å²) in [5.74, 6) is -0.470. The first kappa shape index (κ1) is 17.6. The molecule has 134 valence electrons. The molecule has 1 amide bonds. The van der Waals surface area contributed by atoms with E-state index < -0.39 is 22.9 Å². The van der Waals surface area contributed by atoms with E-state index in [1.807, 2.05) is 0 Å². The lowest BCUT2D eigenvalue weighted by Gasteiger charge is -2.13. The van der Waals surface area contributed by atoms with Crippen molar-refractivity contribution >= 4 is 23.4 Å². The van der Waals surface area contributed by atoms with E-state index in [0.29, 0.717) is 5.16 Å². The Balaban J connectivity index is 1.68. The molecule has 0 unspecified atom stereocenters. The van der Waals surface area contributed by atoms with Crippen LogP contribution >= 0.6 is 11.8 Å². The number of anilines is 1. The van der Waals surface area contributed by atoms with E-state index in [2.05, 4.69) is 15.5 Å². The molecule has 0 aliphatic heterocycles. The lowest BCUT2D eigenvalue weighted by molar-refractivity contribution is -0.137. The van der Waals surface area contributed by atoms with Gasteiger partial charge in [0.2, 0.25) is 5.91 Å². The molecule has 1 aliphatic carbocycles. The number of rotatable bonds is 5. The highest BCUT2D eigenvalue weighted by Crippen LogP contribution is 2.37. The Morgan fingerprint density at radius 2 is 2.16 bits per heavy atom. The highest BCUT2D eigenvalue weighted by atomic mass is 32.2. The fourth-order valence-electron chi connectivity index (χ4n) is 2.26. The smallest absolute Gasteiger partial charge is 0.325 e. The second kappa shape index (κ2) is 6.58. The quantitative estimate of drug-likeness (QED) is 0.791. The van der Waals surface area contributed by atoms with E-state index in [1.54, 1.807) is 6.92 Å². The fourth-order valence-corrected chi connectivity index (χ4v) is 3.18. The number of carbonyl (C=O) groups excluding carboxylic acids is 1. The third-order valence-corrected chi connectivity index (χ3v) is 4.76. The van der Waals surface area contributed by atoms with Crippen molar-refractivity contribution in [1.29, 1.82) is 0 Å². The number of alkyl halides is 3. The molecule has 1 heterocycles. The predicted molar refractivity (Wildman–Crippen MR) is 86.5 cm³/mol. The molecule has 1 aliphatic rings. The normalized spacial score (nSPS) is 15.8. The molecule has 1 atom stereocenters. The molecule has 1 aromatic carbocycles. The second-order valence-corrected chi connectivity index (χ2v) is 7.05. The molecule has 10 heteroatoms. The van der Waals surface area contributed by atoms with Crippen LogP contribution in [0.25, 0.3) is 0 Å². The van der Waals surface area contributed by atoms with Crippen LogP contribution in [0.5, 0.6) is 0 Å². The number of nitrogens with zero attached hydrogens (tertiary/aromatic N) is 2. The molecule has 0 spiro atoms. The maximum absolute atomic E-state index is 12.7. The maximum Gasteiger partial charge on any atom is 0.416 e. The van der Waals surface area contributed by atoms with Crippen LogP contribution in [0.4, 0.5) is 18.9 Å². The zero-order chi connectivity index (χ0) is 18.2. The summed E-state index contributed by atoms with van der Waals surface area (Å²) in [4.78, 5) is 24.0. The zero-order valence-corrected chi connectivity index (χ0v) is 13.9. The van der Waals surface area contributed by atoms with Crippen LogP contribution in [-0.2, 0) is 11.0 Å². The predicted octanol–water partition coefficient (Wildman–Crippen LogP) is 3.04. The topological polar surface area (TPSA) is 79.8 Å². The second-order valence-electron chi connectivity index (χ2n) is 5.74. The minimum Gasteiger partial charge on any atom is -0.325 e. The van der Waals surface area contributed by atoms with Crippen molar-refractivity contribution in [3.63, 3.8) is 0 Å². The van der Waals surface area contributed by atoms with Gasteiger partial charge in [0.25, 0.3) is 0 Å². The fraction of sp³-hybridized carbons (Fsp3) is 0.400. The monoisotopic (exact) mass is 372 g/mol. The van der Waals surface area contributed by atoms with E-state index in [0.717, 1.165) is 36.7 Å². The van der Waals surface area contributed by atoms with Gasteiger partial charge in [-0.05, 0) is 38.0 Å². The minimum atomic E-state index is -4.48. The Kier molecular flexibility index (Phi) is 4.63. The summed E-state index contributed by atoms with van der Waals surface area (Å²) in [6.45, 7) is 1.60. The van der Waals surface area contributed by atoms with Gasteiger partial charge in [0.05, 0.1) is 10.8 Å². The Labute approximate surface area is 144 Å². The van der Waals surface area contributed by atoms with Gasteiger partial charge in [-0.15, -0.1) is 5.10 Å². The van der Waals surface area contributed by atoms with Crippen molar-refractivity contribution in [2.75, 3.05) is 5.32 Å². The van der Waals surface area contributed by atoms with Crippen LogP contribution in [-0.4, -0.2) is 25.9 Å². The van der Waals surface area contributed by atoms with Crippen molar-refractivity contribution in [3.05, 3.63) is 40.3 Å². The molecular weight excluding hydrogens is 357 g/mol. The van der Waals surface area contributed by atoms with E-state index >= 15 is 0 Å². The third-order valence-electron chi connectivity index (χ3n) is 3.69. The highest BCUT2D eigenvalue weighted by Gasteiger charge is 2.31. The number of benzene rings is 1. The number of aromatic amines is 1. The highest BCUT2D eigenvalue weighted by molar-refractivity contribution is 8.00. The average Bonchev–Trinajstić information content (AvgIpc) is 3.31. The number of hydrogen-bond acceptors (Lipinski definition) is 4. The van der Waals surface area contributed by atoms with Crippen molar-refractivity contribution in [3.8, 4) is 0 Å². The van der Waals surface area contributed by atoms with Gasteiger partial charge in [-0.1, -0.05) is 17.8 Å². The van der Waals surface area contributed by atoms with Crippen LogP contribution in [0.1, 0.15) is 31.4 Å². The Bertz CT molecular complexity index is 842. The number of aromatic nitrogens is 3. The van der Waals surface area contributed by atoms with Gasteiger partial charge in [-0.25, -0.2) is 9.89 Å². The zero-order valence-electron chi connectivity index (χ0n) is 13.1. The first-order chi connectivity index (χ1) is 11.8. The van der Waals surface area contributed by atoms with Gasteiger partial charge in [0.1, 0.15) is 0 Å². The van der Waals surface area contributed by atoms with Crippen molar-refractivity contribution in [2.45, 2.75) is 42.4 Å². The van der Waals surface area contributed by atoms with Crippen molar-refractivity contribution in [1.82, 2.24) is 14.8 Å². The molecule has 0 bridgehead atoms. The molecule has 2 N–H and O–H groups in total. The van der Waals surface area contributed by atoms with Gasteiger partial charge >= 0.3 is 11.9 Å². The first-order valence-corrected chi connectivity index (χ1v) is 8.45. The van der Waals surface area contributed by atoms with Crippen LogP contribution in [0.3, 0.4) is 0 Å².